The Bertz CT molecular complexity index is 810. The Kier molecular flexibility index (Phi) is 5.32. The fourth-order valence-electron chi connectivity index (χ4n) is 4.37. The number of hydrogen-bond donors (Lipinski definition) is 1. The first-order chi connectivity index (χ1) is 13.0. The van der Waals surface area contributed by atoms with E-state index < -0.39 is 15.9 Å². The number of hydrogen-bond acceptors (Lipinski definition) is 5. The predicted molar refractivity (Wildman–Crippen MR) is 106 cm³/mol. The second-order valence-corrected chi connectivity index (χ2v) is 9.66. The Morgan fingerprint density at radius 2 is 1.33 bits per heavy atom. The highest BCUT2D eigenvalue weighted by atomic mass is 32.2. The van der Waals surface area contributed by atoms with Gasteiger partial charge in [-0.15, -0.1) is 0 Å². The molecule has 0 bridgehead atoms. The summed E-state index contributed by atoms with van der Waals surface area (Å²) in [6, 6.07) is 20.9. The van der Waals surface area contributed by atoms with E-state index >= 15 is 0 Å². The van der Waals surface area contributed by atoms with Gasteiger partial charge in [-0.3, -0.25) is 9.80 Å². The maximum absolute atomic E-state index is 11.8. The summed E-state index contributed by atoms with van der Waals surface area (Å²) in [6.07, 6.45) is -0.763. The lowest BCUT2D eigenvalue weighted by Gasteiger charge is -2.42. The van der Waals surface area contributed by atoms with Gasteiger partial charge in [0.1, 0.15) is 0 Å². The summed E-state index contributed by atoms with van der Waals surface area (Å²) in [6.45, 7) is 3.23. The van der Waals surface area contributed by atoms with Crippen LogP contribution in [0.15, 0.2) is 60.7 Å². The highest BCUT2D eigenvalue weighted by Crippen LogP contribution is 2.30. The highest BCUT2D eigenvalue weighted by molar-refractivity contribution is 7.91. The number of nitrogens with zero attached hydrogens (tertiary/aromatic N) is 2. The second-order valence-electron chi connectivity index (χ2n) is 7.51. The summed E-state index contributed by atoms with van der Waals surface area (Å²) in [5.41, 5.74) is 2.53. The molecule has 0 unspecified atom stereocenters. The van der Waals surface area contributed by atoms with Gasteiger partial charge in [-0.25, -0.2) is 8.42 Å². The van der Waals surface area contributed by atoms with Crippen LogP contribution in [0.5, 0.6) is 0 Å². The largest absolute Gasteiger partial charge is 0.390 e. The van der Waals surface area contributed by atoms with Gasteiger partial charge in [-0.1, -0.05) is 60.7 Å². The summed E-state index contributed by atoms with van der Waals surface area (Å²) < 4.78 is 23.7. The van der Waals surface area contributed by atoms with Crippen molar-refractivity contribution in [1.82, 2.24) is 9.80 Å². The molecule has 0 spiro atoms. The Balaban J connectivity index is 1.51. The third kappa shape index (κ3) is 4.09. The van der Waals surface area contributed by atoms with Crippen molar-refractivity contribution in [3.05, 3.63) is 71.8 Å². The van der Waals surface area contributed by atoms with Crippen LogP contribution in [-0.2, 0) is 9.84 Å². The molecule has 0 aliphatic carbocycles. The van der Waals surface area contributed by atoms with E-state index in [1.165, 1.54) is 11.1 Å². The Labute approximate surface area is 161 Å². The van der Waals surface area contributed by atoms with Gasteiger partial charge in [-0.05, 0) is 11.1 Å². The van der Waals surface area contributed by atoms with Crippen LogP contribution < -0.4 is 0 Å². The molecule has 2 atom stereocenters. The first-order valence-electron chi connectivity index (χ1n) is 9.50. The van der Waals surface area contributed by atoms with E-state index in [0.29, 0.717) is 0 Å². The summed E-state index contributed by atoms with van der Waals surface area (Å²) in [4.78, 5) is 4.61. The average molecular weight is 387 g/mol. The lowest BCUT2D eigenvalue weighted by molar-refractivity contribution is 0.0361. The molecule has 2 fully saturated rings. The molecule has 2 aromatic carbocycles. The van der Waals surface area contributed by atoms with E-state index in [2.05, 4.69) is 58.3 Å². The van der Waals surface area contributed by atoms with Gasteiger partial charge in [-0.2, -0.15) is 0 Å². The van der Waals surface area contributed by atoms with E-state index in [1.54, 1.807) is 0 Å². The molecule has 1 N–H and O–H groups in total. The quantitative estimate of drug-likeness (QED) is 0.864. The number of aliphatic hydroxyl groups excluding tert-OH is 1. The topological polar surface area (TPSA) is 60.9 Å². The maximum atomic E-state index is 11.8. The normalized spacial score (nSPS) is 26.4. The Morgan fingerprint density at radius 1 is 0.815 bits per heavy atom. The predicted octanol–water partition coefficient (Wildman–Crippen LogP) is 1.55. The zero-order valence-electron chi connectivity index (χ0n) is 15.3. The van der Waals surface area contributed by atoms with Gasteiger partial charge in [0.05, 0.1) is 29.7 Å². The maximum Gasteiger partial charge on any atom is 0.154 e. The van der Waals surface area contributed by atoms with Crippen LogP contribution >= 0.6 is 0 Å². The number of sulfone groups is 1. The van der Waals surface area contributed by atoms with Crippen LogP contribution in [0.4, 0.5) is 0 Å². The van der Waals surface area contributed by atoms with Gasteiger partial charge in [0.25, 0.3) is 0 Å². The van der Waals surface area contributed by atoms with Crippen molar-refractivity contribution in [2.75, 3.05) is 37.7 Å². The molecule has 4 rings (SSSR count). The van der Waals surface area contributed by atoms with Crippen LogP contribution in [0, 0.1) is 0 Å². The zero-order valence-corrected chi connectivity index (χ0v) is 16.1. The van der Waals surface area contributed by atoms with Crippen LogP contribution in [-0.4, -0.2) is 73.2 Å². The number of piperazine rings is 1. The van der Waals surface area contributed by atoms with Gasteiger partial charge in [0.2, 0.25) is 0 Å². The number of rotatable bonds is 4. The third-order valence-electron chi connectivity index (χ3n) is 5.71. The van der Waals surface area contributed by atoms with E-state index in [-0.39, 0.29) is 23.6 Å². The molecule has 6 heteroatoms. The standard InChI is InChI=1S/C21H26N2O3S/c24-20-16-27(25,26)15-19(20)22-11-13-23(14-12-22)21(17-7-3-1-4-8-17)18-9-5-2-6-10-18/h1-10,19-21,24H,11-16H2/t19-,20-/m1/s1. The zero-order chi connectivity index (χ0) is 18.9. The second kappa shape index (κ2) is 7.72. The van der Waals surface area contributed by atoms with Gasteiger partial charge < -0.3 is 5.11 Å². The lowest BCUT2D eigenvalue weighted by Crippen LogP contribution is -2.54. The van der Waals surface area contributed by atoms with E-state index in [0.717, 1.165) is 26.2 Å². The van der Waals surface area contributed by atoms with Gasteiger partial charge in [0, 0.05) is 26.2 Å². The first kappa shape index (κ1) is 18.6. The molecule has 0 saturated carbocycles. The monoisotopic (exact) mass is 386 g/mol. The molecule has 27 heavy (non-hydrogen) atoms. The molecule has 2 aliphatic heterocycles. The van der Waals surface area contributed by atoms with Crippen molar-refractivity contribution >= 4 is 9.84 Å². The van der Waals surface area contributed by atoms with Crippen molar-refractivity contribution in [1.29, 1.82) is 0 Å². The molecular weight excluding hydrogens is 360 g/mol. The number of benzene rings is 2. The fourth-order valence-corrected chi connectivity index (χ4v) is 6.20. The molecule has 2 heterocycles. The summed E-state index contributed by atoms with van der Waals surface area (Å²) in [7, 11) is -3.12. The van der Waals surface area contributed by atoms with Crippen molar-refractivity contribution in [2.45, 2.75) is 18.2 Å². The third-order valence-corrected chi connectivity index (χ3v) is 7.41. The van der Waals surface area contributed by atoms with Crippen LogP contribution in [0.1, 0.15) is 17.2 Å². The number of aliphatic hydroxyl groups is 1. The minimum atomic E-state index is -3.12. The molecule has 0 amide bonds. The van der Waals surface area contributed by atoms with E-state index in [9.17, 15) is 13.5 Å². The first-order valence-corrected chi connectivity index (χ1v) is 11.3. The van der Waals surface area contributed by atoms with E-state index in [4.69, 9.17) is 0 Å². The molecule has 2 aliphatic rings. The van der Waals surface area contributed by atoms with Gasteiger partial charge >= 0.3 is 0 Å². The van der Waals surface area contributed by atoms with E-state index in [1.807, 2.05) is 12.1 Å². The highest BCUT2D eigenvalue weighted by Gasteiger charge is 2.41. The summed E-state index contributed by atoms with van der Waals surface area (Å²) in [5, 5.41) is 10.2. The summed E-state index contributed by atoms with van der Waals surface area (Å²) in [5.74, 6) is -0.0243. The smallest absolute Gasteiger partial charge is 0.154 e. The van der Waals surface area contributed by atoms with Crippen LogP contribution in [0.3, 0.4) is 0 Å². The van der Waals surface area contributed by atoms with Crippen LogP contribution in [0.25, 0.3) is 0 Å². The summed E-state index contributed by atoms with van der Waals surface area (Å²) >= 11 is 0. The molecule has 144 valence electrons. The fraction of sp³-hybridized carbons (Fsp3) is 0.429. The van der Waals surface area contributed by atoms with Crippen molar-refractivity contribution < 1.29 is 13.5 Å². The molecule has 5 nitrogen and oxygen atoms in total. The van der Waals surface area contributed by atoms with Crippen molar-refractivity contribution in [3.8, 4) is 0 Å². The van der Waals surface area contributed by atoms with Crippen LogP contribution in [0.2, 0.25) is 0 Å². The Hall–Kier alpha value is -1.73. The lowest BCUT2D eigenvalue weighted by atomic mass is 9.96. The molecule has 0 radical (unpaired) electrons. The molecular formula is C21H26N2O3S. The SMILES string of the molecule is O=S1(=O)C[C@@H](O)[C@H](N2CCN(C(c3ccccc3)c3ccccc3)CC2)C1. The average Bonchev–Trinajstić information content (AvgIpc) is 2.97. The minimum absolute atomic E-state index is 0.0783. The van der Waals surface area contributed by atoms with Gasteiger partial charge in [0.15, 0.2) is 9.84 Å². The van der Waals surface area contributed by atoms with Crippen molar-refractivity contribution in [3.63, 3.8) is 0 Å². The molecule has 2 saturated heterocycles. The Morgan fingerprint density at radius 3 is 1.78 bits per heavy atom. The minimum Gasteiger partial charge on any atom is -0.390 e. The molecule has 0 aromatic heterocycles. The van der Waals surface area contributed by atoms with Crippen molar-refractivity contribution in [2.24, 2.45) is 0 Å². The molecule has 2 aromatic rings.